The number of rotatable bonds is 3. The largest absolute Gasteiger partial charge is 0.0776 e. The summed E-state index contributed by atoms with van der Waals surface area (Å²) in [7, 11) is 0. The summed E-state index contributed by atoms with van der Waals surface area (Å²) >= 11 is 0. The van der Waals surface area contributed by atoms with Crippen molar-refractivity contribution < 1.29 is 0 Å². The summed E-state index contributed by atoms with van der Waals surface area (Å²) < 4.78 is 0. The summed E-state index contributed by atoms with van der Waals surface area (Å²) in [5.74, 6) is 0.535. The van der Waals surface area contributed by atoms with Gasteiger partial charge in [0.05, 0.1) is 0 Å². The van der Waals surface area contributed by atoms with Crippen molar-refractivity contribution in [3.8, 4) is 0 Å². The van der Waals surface area contributed by atoms with Crippen LogP contribution in [-0.2, 0) is 0 Å². The van der Waals surface area contributed by atoms with Crippen LogP contribution in [0.4, 0.5) is 0 Å². The maximum atomic E-state index is 2.24. The highest BCUT2D eigenvalue weighted by Gasteiger charge is 2.10. The lowest BCUT2D eigenvalue weighted by Crippen LogP contribution is -1.98. The first kappa shape index (κ1) is 12.5. The van der Waals surface area contributed by atoms with Gasteiger partial charge in [0, 0.05) is 5.92 Å². The third kappa shape index (κ3) is 2.73. The van der Waals surface area contributed by atoms with Crippen LogP contribution in [0.3, 0.4) is 0 Å². The Hall–Kier alpha value is -1.56. The zero-order valence-corrected chi connectivity index (χ0v) is 9.06. The summed E-state index contributed by atoms with van der Waals surface area (Å²) in [5, 5.41) is 0. The van der Waals surface area contributed by atoms with Crippen molar-refractivity contribution in [1.82, 2.24) is 0 Å². The Morgan fingerprint density at radius 3 is 1.44 bits per heavy atom. The van der Waals surface area contributed by atoms with Crippen molar-refractivity contribution in [3.63, 3.8) is 0 Å². The van der Waals surface area contributed by atoms with Crippen molar-refractivity contribution in [1.29, 1.82) is 0 Å². The molecule has 0 aliphatic rings. The molecule has 0 bridgehead atoms. The van der Waals surface area contributed by atoms with Crippen LogP contribution in [0.2, 0.25) is 0 Å². The fraction of sp³-hybridized carbons (Fsp3) is 0.250. The normalized spacial score (nSPS) is 9.88. The quantitative estimate of drug-likeness (QED) is 0.681. The summed E-state index contributed by atoms with van der Waals surface area (Å²) in [4.78, 5) is 0. The van der Waals surface area contributed by atoms with Gasteiger partial charge in [0.1, 0.15) is 0 Å². The van der Waals surface area contributed by atoms with Gasteiger partial charge in [-0.3, -0.25) is 0 Å². The van der Waals surface area contributed by atoms with Crippen molar-refractivity contribution in [2.75, 3.05) is 0 Å². The average Bonchev–Trinajstić information content (AvgIpc) is 2.33. The van der Waals surface area contributed by atoms with Crippen LogP contribution in [0.15, 0.2) is 60.7 Å². The summed E-state index contributed by atoms with van der Waals surface area (Å²) in [6.45, 7) is 2.24. The Labute approximate surface area is 99.0 Å². The minimum atomic E-state index is 0. The second-order valence-corrected chi connectivity index (χ2v) is 3.78. The second-order valence-electron chi connectivity index (χ2n) is 3.78. The molecule has 0 spiro atoms. The highest BCUT2D eigenvalue weighted by Crippen LogP contribution is 2.26. The molecule has 0 N–H and O–H groups in total. The molecule has 0 amide bonds. The van der Waals surface area contributed by atoms with E-state index < -0.39 is 0 Å². The Bertz CT molecular complexity index is 349. The molecule has 0 aromatic heterocycles. The topological polar surface area (TPSA) is 0 Å². The molecule has 0 saturated carbocycles. The summed E-state index contributed by atoms with van der Waals surface area (Å²) in [5.41, 5.74) is 2.82. The molecule has 0 fully saturated rings. The first-order valence-electron chi connectivity index (χ1n) is 5.51. The Morgan fingerprint density at radius 2 is 1.12 bits per heavy atom. The van der Waals surface area contributed by atoms with Gasteiger partial charge in [-0.05, 0) is 17.5 Å². The molecule has 0 atom stereocenters. The minimum Gasteiger partial charge on any atom is -0.0776 e. The summed E-state index contributed by atoms with van der Waals surface area (Å²) in [6, 6.07) is 21.4. The molecule has 0 radical (unpaired) electrons. The van der Waals surface area contributed by atoms with E-state index >= 15 is 0 Å². The van der Waals surface area contributed by atoms with E-state index in [1.165, 1.54) is 11.1 Å². The third-order valence-electron chi connectivity index (χ3n) is 2.81. The van der Waals surface area contributed by atoms with Gasteiger partial charge in [0.15, 0.2) is 0 Å². The van der Waals surface area contributed by atoms with Crippen LogP contribution in [0, 0.1) is 0 Å². The number of benzene rings is 2. The fourth-order valence-electron chi connectivity index (χ4n) is 2.03. The van der Waals surface area contributed by atoms with Gasteiger partial charge in [0.25, 0.3) is 0 Å². The van der Waals surface area contributed by atoms with Crippen LogP contribution in [0.5, 0.6) is 0 Å². The molecule has 2 aromatic carbocycles. The van der Waals surface area contributed by atoms with Gasteiger partial charge < -0.3 is 0 Å². The van der Waals surface area contributed by atoms with E-state index in [-0.39, 0.29) is 7.43 Å². The van der Waals surface area contributed by atoms with E-state index in [1.54, 1.807) is 0 Å². The van der Waals surface area contributed by atoms with Crippen LogP contribution in [-0.4, -0.2) is 0 Å². The Balaban J connectivity index is 0.00000128. The molecule has 0 saturated heterocycles. The maximum absolute atomic E-state index is 2.24. The van der Waals surface area contributed by atoms with Gasteiger partial charge in [-0.2, -0.15) is 0 Å². The molecule has 2 aromatic rings. The maximum Gasteiger partial charge on any atom is 0.00867 e. The summed E-state index contributed by atoms with van der Waals surface area (Å²) in [6.07, 6.45) is 1.15. The van der Waals surface area contributed by atoms with Crippen molar-refractivity contribution in [2.45, 2.75) is 26.7 Å². The van der Waals surface area contributed by atoms with E-state index in [1.807, 2.05) is 0 Å². The second kappa shape index (κ2) is 6.12. The van der Waals surface area contributed by atoms with E-state index in [0.29, 0.717) is 5.92 Å². The van der Waals surface area contributed by atoms with Crippen LogP contribution in [0.25, 0.3) is 0 Å². The van der Waals surface area contributed by atoms with Crippen molar-refractivity contribution in [3.05, 3.63) is 71.8 Å². The van der Waals surface area contributed by atoms with E-state index in [4.69, 9.17) is 0 Å². The molecule has 16 heavy (non-hydrogen) atoms. The fourth-order valence-corrected chi connectivity index (χ4v) is 2.03. The molecule has 0 heterocycles. The molecular formula is C16H20. The zero-order chi connectivity index (χ0) is 10.5. The van der Waals surface area contributed by atoms with Crippen molar-refractivity contribution >= 4 is 0 Å². The monoisotopic (exact) mass is 212 g/mol. The number of hydrogen-bond donors (Lipinski definition) is 0. The molecule has 0 aliphatic carbocycles. The lowest BCUT2D eigenvalue weighted by atomic mass is 9.89. The van der Waals surface area contributed by atoms with E-state index in [0.717, 1.165) is 6.42 Å². The highest BCUT2D eigenvalue weighted by molar-refractivity contribution is 5.31. The third-order valence-corrected chi connectivity index (χ3v) is 2.81. The number of hydrogen-bond acceptors (Lipinski definition) is 0. The van der Waals surface area contributed by atoms with Crippen molar-refractivity contribution in [2.24, 2.45) is 0 Å². The smallest absolute Gasteiger partial charge is 0.00867 e. The predicted molar refractivity (Wildman–Crippen MR) is 71.7 cm³/mol. The lowest BCUT2D eigenvalue weighted by Gasteiger charge is -2.15. The molecule has 2 rings (SSSR count). The minimum absolute atomic E-state index is 0. The van der Waals surface area contributed by atoms with Gasteiger partial charge in [-0.1, -0.05) is 75.0 Å². The van der Waals surface area contributed by atoms with Gasteiger partial charge in [0.2, 0.25) is 0 Å². The molecule has 84 valence electrons. The van der Waals surface area contributed by atoms with Gasteiger partial charge in [-0.15, -0.1) is 0 Å². The standard InChI is InChI=1S/C15H16.CH4/c1-2-15(13-9-5-3-6-10-13)14-11-7-4-8-12-14;/h3-12,15H,2H2,1H3;1H4. The van der Waals surface area contributed by atoms with E-state index in [2.05, 4.69) is 67.6 Å². The van der Waals surface area contributed by atoms with Gasteiger partial charge >= 0.3 is 0 Å². The molecule has 0 heteroatoms. The Morgan fingerprint density at radius 1 is 0.750 bits per heavy atom. The molecule has 0 unspecified atom stereocenters. The zero-order valence-electron chi connectivity index (χ0n) is 9.06. The first-order chi connectivity index (χ1) is 7.42. The van der Waals surface area contributed by atoms with Crippen LogP contribution >= 0.6 is 0 Å². The first-order valence-corrected chi connectivity index (χ1v) is 5.51. The van der Waals surface area contributed by atoms with Crippen LogP contribution in [0.1, 0.15) is 37.8 Å². The average molecular weight is 212 g/mol. The lowest BCUT2D eigenvalue weighted by molar-refractivity contribution is 0.777. The van der Waals surface area contributed by atoms with E-state index in [9.17, 15) is 0 Å². The highest BCUT2D eigenvalue weighted by atomic mass is 14.1. The van der Waals surface area contributed by atoms with Crippen LogP contribution < -0.4 is 0 Å². The Kier molecular flexibility index (Phi) is 4.78. The van der Waals surface area contributed by atoms with Gasteiger partial charge in [-0.25, -0.2) is 0 Å². The molecule has 0 nitrogen and oxygen atoms in total. The predicted octanol–water partition coefficient (Wildman–Crippen LogP) is 4.86. The molecular weight excluding hydrogens is 192 g/mol. The molecule has 0 aliphatic heterocycles. The SMILES string of the molecule is C.CCC(c1ccccc1)c1ccccc1.